The summed E-state index contributed by atoms with van der Waals surface area (Å²) < 4.78 is 11.7. The van der Waals surface area contributed by atoms with Crippen molar-refractivity contribution >= 4 is 23.3 Å². The Kier molecular flexibility index (Phi) is 5.34. The van der Waals surface area contributed by atoms with Crippen LogP contribution in [0, 0.1) is 0 Å². The van der Waals surface area contributed by atoms with Crippen LogP contribution in [-0.4, -0.2) is 40.7 Å². The van der Waals surface area contributed by atoms with Crippen molar-refractivity contribution in [2.45, 2.75) is 32.5 Å². The molecule has 2 heterocycles. The number of anilines is 1. The Balaban J connectivity index is 1.79. The van der Waals surface area contributed by atoms with Gasteiger partial charge in [-0.2, -0.15) is 0 Å². The number of pyridine rings is 1. The highest BCUT2D eigenvalue weighted by atomic mass is 35.5. The maximum atomic E-state index is 12.8. The van der Waals surface area contributed by atoms with Crippen LogP contribution in [0.4, 0.5) is 10.5 Å². The van der Waals surface area contributed by atoms with E-state index in [1.54, 1.807) is 47.6 Å². The molecule has 0 unspecified atom stereocenters. The number of urea groups is 1. The highest BCUT2D eigenvalue weighted by Gasteiger charge is 2.34. The molecule has 1 aromatic carbocycles. The number of para-hydroxylation sites is 1. The zero-order valence-electron chi connectivity index (χ0n) is 15.0. The van der Waals surface area contributed by atoms with Crippen LogP contribution < -0.4 is 10.1 Å². The van der Waals surface area contributed by atoms with Gasteiger partial charge in [0.1, 0.15) is 5.75 Å². The van der Waals surface area contributed by atoms with Crippen LogP contribution in [-0.2, 0) is 4.74 Å². The van der Waals surface area contributed by atoms with Gasteiger partial charge in [-0.05, 0) is 45.0 Å². The van der Waals surface area contributed by atoms with Crippen molar-refractivity contribution in [3.63, 3.8) is 0 Å². The largest absolute Gasteiger partial charge is 0.452 e. The van der Waals surface area contributed by atoms with Gasteiger partial charge in [-0.25, -0.2) is 4.79 Å². The van der Waals surface area contributed by atoms with E-state index < -0.39 is 5.60 Å². The molecule has 1 aromatic heterocycles. The minimum Gasteiger partial charge on any atom is -0.452 e. The minimum absolute atomic E-state index is 0.0324. The summed E-state index contributed by atoms with van der Waals surface area (Å²) in [7, 11) is 0. The number of benzene rings is 1. The molecule has 26 heavy (non-hydrogen) atoms. The third kappa shape index (κ3) is 4.45. The second-order valence-electron chi connectivity index (χ2n) is 6.91. The van der Waals surface area contributed by atoms with Crippen LogP contribution in [0.15, 0.2) is 42.7 Å². The van der Waals surface area contributed by atoms with E-state index in [4.69, 9.17) is 21.1 Å². The lowest BCUT2D eigenvalue weighted by molar-refractivity contribution is -0.116. The maximum Gasteiger partial charge on any atom is 0.322 e. The first-order valence-corrected chi connectivity index (χ1v) is 8.82. The molecule has 2 aromatic rings. The molecule has 0 bridgehead atoms. The van der Waals surface area contributed by atoms with E-state index in [0.717, 1.165) is 0 Å². The van der Waals surface area contributed by atoms with Gasteiger partial charge in [0.25, 0.3) is 0 Å². The number of morpholine rings is 1. The van der Waals surface area contributed by atoms with Gasteiger partial charge in [-0.1, -0.05) is 17.7 Å². The number of carbonyl (C=O) groups excluding carboxylic acids is 1. The fourth-order valence-electron chi connectivity index (χ4n) is 3.04. The first-order chi connectivity index (χ1) is 12.3. The van der Waals surface area contributed by atoms with Crippen molar-refractivity contribution in [2.75, 3.05) is 18.4 Å². The van der Waals surface area contributed by atoms with E-state index >= 15 is 0 Å². The van der Waals surface area contributed by atoms with Crippen molar-refractivity contribution < 1.29 is 14.3 Å². The number of rotatable bonds is 3. The number of amides is 2. The van der Waals surface area contributed by atoms with Gasteiger partial charge in [-0.3, -0.25) is 4.98 Å². The summed E-state index contributed by atoms with van der Waals surface area (Å²) >= 11 is 6.29. The van der Waals surface area contributed by atoms with Gasteiger partial charge in [-0.15, -0.1) is 0 Å². The molecule has 1 N–H and O–H groups in total. The van der Waals surface area contributed by atoms with Crippen molar-refractivity contribution in [2.24, 2.45) is 0 Å². The lowest BCUT2D eigenvalue weighted by Gasteiger charge is -2.41. The number of ether oxygens (including phenoxy) is 2. The van der Waals surface area contributed by atoms with Crippen LogP contribution in [0.5, 0.6) is 11.5 Å². The van der Waals surface area contributed by atoms with E-state index in [9.17, 15) is 4.79 Å². The Morgan fingerprint density at radius 1 is 1.38 bits per heavy atom. The van der Waals surface area contributed by atoms with Crippen LogP contribution in [0.25, 0.3) is 0 Å². The van der Waals surface area contributed by atoms with Crippen LogP contribution in [0.1, 0.15) is 20.8 Å². The normalized spacial score (nSPS) is 19.1. The smallest absolute Gasteiger partial charge is 0.322 e. The van der Waals surface area contributed by atoms with Crippen molar-refractivity contribution in [3.05, 3.63) is 47.7 Å². The van der Waals surface area contributed by atoms with E-state index in [1.807, 2.05) is 20.8 Å². The maximum absolute atomic E-state index is 12.8. The van der Waals surface area contributed by atoms with Crippen LogP contribution in [0.2, 0.25) is 5.02 Å². The molecule has 1 atom stereocenters. The quantitative estimate of drug-likeness (QED) is 0.854. The Morgan fingerprint density at radius 2 is 2.19 bits per heavy atom. The van der Waals surface area contributed by atoms with E-state index in [1.165, 1.54) is 0 Å². The fourth-order valence-corrected chi connectivity index (χ4v) is 3.25. The zero-order chi connectivity index (χ0) is 18.7. The Hall–Kier alpha value is -2.31. The molecular formula is C19H22ClN3O3. The van der Waals surface area contributed by atoms with Crippen LogP contribution >= 0.6 is 11.6 Å². The summed E-state index contributed by atoms with van der Waals surface area (Å²) in [4.78, 5) is 18.5. The molecule has 3 rings (SSSR count). The number of nitrogens with one attached hydrogen (secondary N) is 1. The Bertz CT molecular complexity index is 783. The minimum atomic E-state index is -0.390. The average molecular weight is 376 g/mol. The second kappa shape index (κ2) is 7.51. The lowest BCUT2D eigenvalue weighted by Crippen LogP contribution is -2.54. The molecule has 1 aliphatic rings. The first-order valence-electron chi connectivity index (χ1n) is 8.44. The molecule has 1 aliphatic heterocycles. The van der Waals surface area contributed by atoms with Crippen molar-refractivity contribution in [3.8, 4) is 11.5 Å². The topological polar surface area (TPSA) is 63.7 Å². The Morgan fingerprint density at radius 3 is 2.88 bits per heavy atom. The number of aromatic nitrogens is 1. The van der Waals surface area contributed by atoms with Gasteiger partial charge in [0, 0.05) is 12.7 Å². The standard InChI is InChI=1S/C19H22ClN3O3/c1-13-11-23(12-19(2,3)26-13)18(24)22-16-8-4-7-15(20)17(16)25-14-6-5-9-21-10-14/h4-10,13H,11-12H2,1-3H3,(H,22,24)/t13-/m1/s1. The third-order valence-corrected chi connectivity index (χ3v) is 4.22. The average Bonchev–Trinajstić information content (AvgIpc) is 2.57. The molecule has 138 valence electrons. The van der Waals surface area contributed by atoms with Gasteiger partial charge in [0.2, 0.25) is 0 Å². The number of halogens is 1. The number of hydrogen-bond acceptors (Lipinski definition) is 4. The summed E-state index contributed by atoms with van der Waals surface area (Å²) in [6, 6.07) is 8.55. The van der Waals surface area contributed by atoms with E-state index in [2.05, 4.69) is 10.3 Å². The molecule has 0 radical (unpaired) electrons. The van der Waals surface area contributed by atoms with E-state index in [-0.39, 0.29) is 12.1 Å². The molecule has 7 heteroatoms. The molecule has 1 fully saturated rings. The lowest BCUT2D eigenvalue weighted by atomic mass is 10.1. The van der Waals surface area contributed by atoms with E-state index in [0.29, 0.717) is 35.3 Å². The van der Waals surface area contributed by atoms with Crippen molar-refractivity contribution in [1.29, 1.82) is 0 Å². The summed E-state index contributed by atoms with van der Waals surface area (Å²) in [6.07, 6.45) is 3.21. The molecule has 0 spiro atoms. The van der Waals surface area contributed by atoms with Gasteiger partial charge < -0.3 is 19.7 Å². The Labute approximate surface area is 158 Å². The summed E-state index contributed by atoms with van der Waals surface area (Å²) in [6.45, 7) is 6.92. The highest BCUT2D eigenvalue weighted by molar-refractivity contribution is 6.32. The zero-order valence-corrected chi connectivity index (χ0v) is 15.8. The number of hydrogen-bond donors (Lipinski definition) is 1. The summed E-state index contributed by atoms with van der Waals surface area (Å²) in [5.74, 6) is 0.924. The van der Waals surface area contributed by atoms with Gasteiger partial charge in [0.15, 0.2) is 5.75 Å². The van der Waals surface area contributed by atoms with Gasteiger partial charge in [0.05, 0.1) is 35.2 Å². The summed E-state index contributed by atoms with van der Waals surface area (Å²) in [5.41, 5.74) is 0.113. The summed E-state index contributed by atoms with van der Waals surface area (Å²) in [5, 5.41) is 3.31. The predicted octanol–water partition coefficient (Wildman–Crippen LogP) is 4.56. The second-order valence-corrected chi connectivity index (χ2v) is 7.31. The van der Waals surface area contributed by atoms with Crippen molar-refractivity contribution in [1.82, 2.24) is 9.88 Å². The molecule has 0 saturated carbocycles. The molecule has 2 amide bonds. The van der Waals surface area contributed by atoms with Gasteiger partial charge >= 0.3 is 6.03 Å². The SMILES string of the molecule is C[C@@H]1CN(C(=O)Nc2cccc(Cl)c2Oc2cccnc2)CC(C)(C)O1. The fraction of sp³-hybridized carbons (Fsp3) is 0.368. The first kappa shape index (κ1) is 18.5. The molecule has 0 aliphatic carbocycles. The number of nitrogens with zero attached hydrogens (tertiary/aromatic N) is 2. The predicted molar refractivity (Wildman–Crippen MR) is 101 cm³/mol. The third-order valence-electron chi connectivity index (χ3n) is 3.92. The molecular weight excluding hydrogens is 354 g/mol. The van der Waals surface area contributed by atoms with Crippen LogP contribution in [0.3, 0.4) is 0 Å². The monoisotopic (exact) mass is 375 g/mol. The number of carbonyl (C=O) groups is 1. The molecule has 1 saturated heterocycles. The molecule has 6 nitrogen and oxygen atoms in total. The highest BCUT2D eigenvalue weighted by Crippen LogP contribution is 2.36.